The molecule has 1 saturated carbocycles. The number of nitrogens with two attached hydrogens (primary N) is 1. The Balaban J connectivity index is 0.00000192. The molecule has 0 saturated heterocycles. The van der Waals surface area contributed by atoms with Crippen molar-refractivity contribution in [3.05, 3.63) is 42.7 Å². The van der Waals surface area contributed by atoms with Gasteiger partial charge < -0.3 is 11.1 Å². The van der Waals surface area contributed by atoms with E-state index in [-0.39, 0.29) is 18.3 Å². The summed E-state index contributed by atoms with van der Waals surface area (Å²) in [5, 5.41) is 2.91. The quantitative estimate of drug-likeness (QED) is 0.901. The number of carbonyl (C=O) groups excluding carboxylic acids is 1. The van der Waals surface area contributed by atoms with E-state index in [1.807, 2.05) is 30.3 Å². The maximum Gasteiger partial charge on any atom is 0.231 e. The van der Waals surface area contributed by atoms with Crippen molar-refractivity contribution in [3.8, 4) is 11.4 Å². The minimum atomic E-state index is -0.419. The third-order valence-corrected chi connectivity index (χ3v) is 4.37. The van der Waals surface area contributed by atoms with Crippen LogP contribution in [0.5, 0.6) is 0 Å². The van der Waals surface area contributed by atoms with Crippen molar-refractivity contribution >= 4 is 24.0 Å². The van der Waals surface area contributed by atoms with Crippen molar-refractivity contribution in [2.75, 3.05) is 11.9 Å². The Kier molecular flexibility index (Phi) is 5.69. The molecule has 1 aromatic carbocycles. The molecular formula is C17H21ClN4O. The number of hydrogen-bond donors (Lipinski definition) is 2. The largest absolute Gasteiger partial charge is 0.329 e. The van der Waals surface area contributed by atoms with E-state index in [0.717, 1.165) is 31.2 Å². The molecule has 0 bridgehead atoms. The van der Waals surface area contributed by atoms with Gasteiger partial charge in [0.2, 0.25) is 5.91 Å². The number of amides is 1. The van der Waals surface area contributed by atoms with Crippen LogP contribution in [0.15, 0.2) is 42.7 Å². The fraction of sp³-hybridized carbons (Fsp3) is 0.353. The summed E-state index contributed by atoms with van der Waals surface area (Å²) in [4.78, 5) is 21.1. The summed E-state index contributed by atoms with van der Waals surface area (Å²) in [6.45, 7) is 0.391. The van der Waals surface area contributed by atoms with E-state index in [9.17, 15) is 4.79 Å². The second-order valence-corrected chi connectivity index (χ2v) is 5.81. The SMILES string of the molecule is Cl.NCC1(C(=O)Nc2cnc(-c3ccccc3)nc2)CCCC1. The summed E-state index contributed by atoms with van der Waals surface area (Å²) in [5.74, 6) is 0.636. The molecule has 1 fully saturated rings. The van der Waals surface area contributed by atoms with Crippen LogP contribution in [0.1, 0.15) is 25.7 Å². The highest BCUT2D eigenvalue weighted by atomic mass is 35.5. The van der Waals surface area contributed by atoms with Gasteiger partial charge in [-0.3, -0.25) is 4.79 Å². The molecular weight excluding hydrogens is 312 g/mol. The molecule has 1 aliphatic rings. The number of benzene rings is 1. The second-order valence-electron chi connectivity index (χ2n) is 5.81. The van der Waals surface area contributed by atoms with Crippen LogP contribution in [0.4, 0.5) is 5.69 Å². The van der Waals surface area contributed by atoms with Gasteiger partial charge in [0.1, 0.15) is 0 Å². The first-order valence-electron chi connectivity index (χ1n) is 7.62. The first kappa shape index (κ1) is 17.4. The minimum absolute atomic E-state index is 0. The first-order valence-corrected chi connectivity index (χ1v) is 7.62. The van der Waals surface area contributed by atoms with Crippen LogP contribution >= 0.6 is 12.4 Å². The molecule has 5 nitrogen and oxygen atoms in total. The Bertz CT molecular complexity index is 639. The van der Waals surface area contributed by atoms with Gasteiger partial charge in [0.25, 0.3) is 0 Å². The van der Waals surface area contributed by atoms with E-state index < -0.39 is 5.41 Å². The Morgan fingerprint density at radius 2 is 1.74 bits per heavy atom. The highest BCUT2D eigenvalue weighted by Crippen LogP contribution is 2.38. The lowest BCUT2D eigenvalue weighted by molar-refractivity contribution is -0.124. The number of nitrogens with one attached hydrogen (secondary N) is 1. The Morgan fingerprint density at radius 3 is 2.30 bits per heavy atom. The van der Waals surface area contributed by atoms with E-state index in [1.54, 1.807) is 12.4 Å². The smallest absolute Gasteiger partial charge is 0.231 e. The monoisotopic (exact) mass is 332 g/mol. The van der Waals surface area contributed by atoms with Gasteiger partial charge in [-0.05, 0) is 12.8 Å². The number of halogens is 1. The molecule has 0 radical (unpaired) electrons. The number of aromatic nitrogens is 2. The zero-order valence-electron chi connectivity index (χ0n) is 12.9. The molecule has 23 heavy (non-hydrogen) atoms. The van der Waals surface area contributed by atoms with Crippen molar-refractivity contribution in [2.45, 2.75) is 25.7 Å². The average molecular weight is 333 g/mol. The summed E-state index contributed by atoms with van der Waals surface area (Å²) in [7, 11) is 0. The number of hydrogen-bond acceptors (Lipinski definition) is 4. The normalized spacial score (nSPS) is 15.7. The molecule has 1 heterocycles. The lowest BCUT2D eigenvalue weighted by atomic mass is 9.85. The maximum absolute atomic E-state index is 12.5. The summed E-state index contributed by atoms with van der Waals surface area (Å²) in [5.41, 5.74) is 6.98. The van der Waals surface area contributed by atoms with Crippen LogP contribution in [-0.4, -0.2) is 22.4 Å². The maximum atomic E-state index is 12.5. The Hall–Kier alpha value is -1.98. The van der Waals surface area contributed by atoms with Crippen molar-refractivity contribution in [2.24, 2.45) is 11.1 Å². The minimum Gasteiger partial charge on any atom is -0.329 e. The molecule has 0 aliphatic heterocycles. The Labute approximate surface area is 142 Å². The van der Waals surface area contributed by atoms with Gasteiger partial charge >= 0.3 is 0 Å². The predicted octanol–water partition coefficient (Wildman–Crippen LogP) is 3.02. The van der Waals surface area contributed by atoms with Crippen LogP contribution in [0.2, 0.25) is 0 Å². The molecule has 1 aliphatic carbocycles. The van der Waals surface area contributed by atoms with Gasteiger partial charge in [-0.25, -0.2) is 9.97 Å². The Morgan fingerprint density at radius 1 is 1.13 bits per heavy atom. The number of anilines is 1. The highest BCUT2D eigenvalue weighted by Gasteiger charge is 2.39. The summed E-state index contributed by atoms with van der Waals surface area (Å²) < 4.78 is 0. The van der Waals surface area contributed by atoms with E-state index in [0.29, 0.717) is 18.1 Å². The third-order valence-electron chi connectivity index (χ3n) is 4.37. The highest BCUT2D eigenvalue weighted by molar-refractivity contribution is 5.95. The lowest BCUT2D eigenvalue weighted by Crippen LogP contribution is -2.40. The summed E-state index contributed by atoms with van der Waals surface area (Å²) in [6.07, 6.45) is 7.14. The van der Waals surface area contributed by atoms with Crippen LogP contribution in [0, 0.1) is 5.41 Å². The average Bonchev–Trinajstić information content (AvgIpc) is 3.07. The summed E-state index contributed by atoms with van der Waals surface area (Å²) >= 11 is 0. The number of nitrogens with zero attached hydrogens (tertiary/aromatic N) is 2. The van der Waals surface area contributed by atoms with Gasteiger partial charge in [-0.2, -0.15) is 0 Å². The molecule has 1 amide bonds. The van der Waals surface area contributed by atoms with Crippen LogP contribution in [0.25, 0.3) is 11.4 Å². The van der Waals surface area contributed by atoms with E-state index >= 15 is 0 Å². The third kappa shape index (κ3) is 3.68. The molecule has 0 atom stereocenters. The predicted molar refractivity (Wildman–Crippen MR) is 93.3 cm³/mol. The second kappa shape index (κ2) is 7.53. The van der Waals surface area contributed by atoms with Gasteiger partial charge in [-0.1, -0.05) is 43.2 Å². The van der Waals surface area contributed by atoms with Crippen molar-refractivity contribution in [3.63, 3.8) is 0 Å². The lowest BCUT2D eigenvalue weighted by Gasteiger charge is -2.25. The van der Waals surface area contributed by atoms with Gasteiger partial charge in [-0.15, -0.1) is 12.4 Å². The molecule has 6 heteroatoms. The van der Waals surface area contributed by atoms with Gasteiger partial charge in [0.15, 0.2) is 5.82 Å². The van der Waals surface area contributed by atoms with Crippen LogP contribution in [0.3, 0.4) is 0 Å². The summed E-state index contributed by atoms with van der Waals surface area (Å²) in [6, 6.07) is 9.75. The topological polar surface area (TPSA) is 80.9 Å². The molecule has 0 spiro atoms. The molecule has 3 N–H and O–H groups in total. The van der Waals surface area contributed by atoms with Crippen molar-refractivity contribution < 1.29 is 4.79 Å². The van der Waals surface area contributed by atoms with Crippen LogP contribution in [-0.2, 0) is 4.79 Å². The fourth-order valence-corrected chi connectivity index (χ4v) is 2.97. The van der Waals surface area contributed by atoms with Crippen LogP contribution < -0.4 is 11.1 Å². The van der Waals surface area contributed by atoms with E-state index in [1.165, 1.54) is 0 Å². The van der Waals surface area contributed by atoms with Gasteiger partial charge in [0, 0.05) is 12.1 Å². The fourth-order valence-electron chi connectivity index (χ4n) is 2.97. The zero-order chi connectivity index (χ0) is 15.4. The zero-order valence-corrected chi connectivity index (χ0v) is 13.7. The van der Waals surface area contributed by atoms with Crippen molar-refractivity contribution in [1.29, 1.82) is 0 Å². The first-order chi connectivity index (χ1) is 10.7. The molecule has 3 rings (SSSR count). The standard InChI is InChI=1S/C17H20N4O.ClH/c18-12-17(8-4-5-9-17)16(22)21-14-10-19-15(20-11-14)13-6-2-1-3-7-13;/h1-3,6-7,10-11H,4-5,8-9,12,18H2,(H,21,22);1H. The number of carbonyl (C=O) groups is 1. The number of rotatable bonds is 4. The van der Waals surface area contributed by atoms with Gasteiger partial charge in [0.05, 0.1) is 23.5 Å². The van der Waals surface area contributed by atoms with E-state index in [2.05, 4.69) is 15.3 Å². The molecule has 1 aromatic heterocycles. The molecule has 0 unspecified atom stereocenters. The van der Waals surface area contributed by atoms with E-state index in [4.69, 9.17) is 5.73 Å². The molecule has 2 aromatic rings. The molecule has 122 valence electrons. The van der Waals surface area contributed by atoms with Crippen molar-refractivity contribution in [1.82, 2.24) is 9.97 Å².